The number of hydrogen-bond donors (Lipinski definition) is 0. The highest BCUT2D eigenvalue weighted by Gasteiger charge is 2.14. The summed E-state index contributed by atoms with van der Waals surface area (Å²) < 4.78 is 0.890. The van der Waals surface area contributed by atoms with Crippen molar-refractivity contribution in [3.05, 3.63) is 57.8 Å². The molecular weight excluding hydrogens is 372 g/mol. The molecule has 6 heteroatoms. The summed E-state index contributed by atoms with van der Waals surface area (Å²) >= 11 is 11.0. The first-order valence-electron chi connectivity index (χ1n) is 6.27. The SMILES string of the molecule is CN(C(=O)CSCc1ccccn1)c1ccc(Br)cc1Cl. The highest BCUT2D eigenvalue weighted by Crippen LogP contribution is 2.28. The molecule has 0 aliphatic carbocycles. The first-order valence-corrected chi connectivity index (χ1v) is 8.60. The lowest BCUT2D eigenvalue weighted by atomic mass is 10.3. The molecule has 1 aromatic heterocycles. The number of carbonyl (C=O) groups excluding carboxylic acids is 1. The molecule has 0 saturated carbocycles. The summed E-state index contributed by atoms with van der Waals surface area (Å²) in [6, 6.07) is 11.2. The van der Waals surface area contributed by atoms with Crippen LogP contribution < -0.4 is 4.90 Å². The van der Waals surface area contributed by atoms with E-state index >= 15 is 0 Å². The molecule has 0 spiro atoms. The Hall–Kier alpha value is -1.04. The molecule has 1 heterocycles. The molecule has 1 amide bonds. The fraction of sp³-hybridized carbons (Fsp3) is 0.200. The van der Waals surface area contributed by atoms with Gasteiger partial charge in [-0.05, 0) is 30.3 Å². The van der Waals surface area contributed by atoms with Crippen molar-refractivity contribution in [1.82, 2.24) is 4.98 Å². The van der Waals surface area contributed by atoms with Crippen molar-refractivity contribution in [2.24, 2.45) is 0 Å². The predicted molar refractivity (Wildman–Crippen MR) is 93.0 cm³/mol. The summed E-state index contributed by atoms with van der Waals surface area (Å²) in [5.41, 5.74) is 1.68. The third-order valence-electron chi connectivity index (χ3n) is 2.85. The molecule has 0 aliphatic heterocycles. The van der Waals surface area contributed by atoms with Gasteiger partial charge in [0.15, 0.2) is 0 Å². The van der Waals surface area contributed by atoms with Gasteiger partial charge in [-0.2, -0.15) is 0 Å². The second-order valence-electron chi connectivity index (χ2n) is 4.36. The largest absolute Gasteiger partial charge is 0.313 e. The van der Waals surface area contributed by atoms with Gasteiger partial charge in [0.25, 0.3) is 0 Å². The maximum absolute atomic E-state index is 12.2. The van der Waals surface area contributed by atoms with Gasteiger partial charge in [-0.1, -0.05) is 33.6 Å². The Kier molecular flexibility index (Phi) is 6.08. The second-order valence-corrected chi connectivity index (χ2v) is 6.67. The van der Waals surface area contributed by atoms with Crippen molar-refractivity contribution < 1.29 is 4.79 Å². The van der Waals surface area contributed by atoms with Crippen molar-refractivity contribution in [3.63, 3.8) is 0 Å². The van der Waals surface area contributed by atoms with Gasteiger partial charge in [-0.15, -0.1) is 11.8 Å². The van der Waals surface area contributed by atoms with Crippen molar-refractivity contribution in [1.29, 1.82) is 0 Å². The van der Waals surface area contributed by atoms with Crippen LogP contribution in [0.15, 0.2) is 47.1 Å². The molecule has 0 bridgehead atoms. The predicted octanol–water partition coefficient (Wildman–Crippen LogP) is 4.39. The van der Waals surface area contributed by atoms with E-state index in [-0.39, 0.29) is 5.91 Å². The summed E-state index contributed by atoms with van der Waals surface area (Å²) in [7, 11) is 1.73. The normalized spacial score (nSPS) is 10.4. The first-order chi connectivity index (χ1) is 10.1. The number of benzene rings is 1. The zero-order valence-electron chi connectivity index (χ0n) is 11.4. The highest BCUT2D eigenvalue weighted by atomic mass is 79.9. The van der Waals surface area contributed by atoms with Gasteiger partial charge in [0.05, 0.1) is 22.2 Å². The number of thioether (sulfide) groups is 1. The minimum atomic E-state index is 0.0140. The van der Waals surface area contributed by atoms with Crippen LogP contribution in [-0.2, 0) is 10.5 Å². The number of halogens is 2. The molecule has 0 radical (unpaired) electrons. The average molecular weight is 386 g/mol. The molecule has 0 atom stereocenters. The number of carbonyl (C=O) groups is 1. The summed E-state index contributed by atoms with van der Waals surface area (Å²) in [4.78, 5) is 18.0. The molecule has 0 unspecified atom stereocenters. The molecule has 0 N–H and O–H groups in total. The standard InChI is InChI=1S/C15H14BrClN2OS/c1-19(14-6-5-11(16)8-13(14)17)15(20)10-21-9-12-4-2-3-7-18-12/h2-8H,9-10H2,1H3. The molecule has 110 valence electrons. The Morgan fingerprint density at radius 3 is 2.86 bits per heavy atom. The number of nitrogens with zero attached hydrogens (tertiary/aromatic N) is 2. The lowest BCUT2D eigenvalue weighted by molar-refractivity contribution is -0.115. The summed E-state index contributed by atoms with van der Waals surface area (Å²) in [5.74, 6) is 1.12. The van der Waals surface area contributed by atoms with Crippen molar-refractivity contribution >= 4 is 50.9 Å². The van der Waals surface area contributed by atoms with Gasteiger partial charge in [0, 0.05) is 23.5 Å². The van der Waals surface area contributed by atoms with Gasteiger partial charge in [0.1, 0.15) is 0 Å². The molecule has 21 heavy (non-hydrogen) atoms. The number of rotatable bonds is 5. The summed E-state index contributed by atoms with van der Waals surface area (Å²) in [6.45, 7) is 0. The van der Waals surface area contributed by atoms with Crippen LogP contribution in [0.3, 0.4) is 0 Å². The number of aromatic nitrogens is 1. The van der Waals surface area contributed by atoms with E-state index in [9.17, 15) is 4.79 Å². The van der Waals surface area contributed by atoms with Crippen LogP contribution in [0.25, 0.3) is 0 Å². The van der Waals surface area contributed by atoms with E-state index in [1.807, 2.05) is 30.3 Å². The van der Waals surface area contributed by atoms with Gasteiger partial charge in [-0.3, -0.25) is 9.78 Å². The maximum atomic E-state index is 12.2. The summed E-state index contributed by atoms with van der Waals surface area (Å²) in [5, 5.41) is 0.551. The minimum Gasteiger partial charge on any atom is -0.313 e. The van der Waals surface area contributed by atoms with E-state index < -0.39 is 0 Å². The molecule has 0 saturated heterocycles. The Morgan fingerprint density at radius 2 is 2.19 bits per heavy atom. The van der Waals surface area contributed by atoms with Crippen LogP contribution in [0.5, 0.6) is 0 Å². The van der Waals surface area contributed by atoms with E-state index in [0.717, 1.165) is 10.2 Å². The second kappa shape index (κ2) is 7.82. The fourth-order valence-electron chi connectivity index (χ4n) is 1.71. The summed E-state index contributed by atoms with van der Waals surface area (Å²) in [6.07, 6.45) is 1.76. The lowest BCUT2D eigenvalue weighted by Crippen LogP contribution is -2.28. The van der Waals surface area contributed by atoms with Gasteiger partial charge in [-0.25, -0.2) is 0 Å². The van der Waals surface area contributed by atoms with E-state index in [1.165, 1.54) is 0 Å². The van der Waals surface area contributed by atoms with Crippen LogP contribution in [0.1, 0.15) is 5.69 Å². The number of hydrogen-bond acceptors (Lipinski definition) is 3. The number of anilines is 1. The Labute approximate surface area is 141 Å². The number of pyridine rings is 1. The van der Waals surface area contributed by atoms with Crippen molar-refractivity contribution in [2.75, 3.05) is 17.7 Å². The third-order valence-corrected chi connectivity index (χ3v) is 4.59. The third kappa shape index (κ3) is 4.73. The topological polar surface area (TPSA) is 33.2 Å². The quantitative estimate of drug-likeness (QED) is 0.765. The van der Waals surface area contributed by atoms with Gasteiger partial charge < -0.3 is 4.90 Å². The van der Waals surface area contributed by atoms with Crippen LogP contribution in [0.2, 0.25) is 5.02 Å². The van der Waals surface area contributed by atoms with E-state index in [2.05, 4.69) is 20.9 Å². The maximum Gasteiger partial charge on any atom is 0.236 e. The van der Waals surface area contributed by atoms with Crippen molar-refractivity contribution in [2.45, 2.75) is 5.75 Å². The van der Waals surface area contributed by atoms with Crippen LogP contribution in [0, 0.1) is 0 Å². The molecule has 1 aromatic carbocycles. The molecule has 2 aromatic rings. The van der Waals surface area contributed by atoms with E-state index in [0.29, 0.717) is 22.2 Å². The molecular formula is C15H14BrClN2OS. The highest BCUT2D eigenvalue weighted by molar-refractivity contribution is 9.10. The van der Waals surface area contributed by atoms with Crippen LogP contribution >= 0.6 is 39.3 Å². The fourth-order valence-corrected chi connectivity index (χ4v) is 3.36. The molecule has 2 rings (SSSR count). The van der Waals surface area contributed by atoms with E-state index in [4.69, 9.17) is 11.6 Å². The average Bonchev–Trinajstić information content (AvgIpc) is 2.47. The Bertz CT molecular complexity index is 624. The molecule has 0 fully saturated rings. The van der Waals surface area contributed by atoms with Crippen molar-refractivity contribution in [3.8, 4) is 0 Å². The zero-order valence-corrected chi connectivity index (χ0v) is 14.6. The zero-order chi connectivity index (χ0) is 15.2. The molecule has 0 aliphatic rings. The lowest BCUT2D eigenvalue weighted by Gasteiger charge is -2.18. The Morgan fingerprint density at radius 1 is 1.38 bits per heavy atom. The van der Waals surface area contributed by atoms with Gasteiger partial charge in [0.2, 0.25) is 5.91 Å². The first kappa shape index (κ1) is 16.3. The van der Waals surface area contributed by atoms with Gasteiger partial charge >= 0.3 is 0 Å². The Balaban J connectivity index is 1.90. The smallest absolute Gasteiger partial charge is 0.236 e. The molecule has 3 nitrogen and oxygen atoms in total. The monoisotopic (exact) mass is 384 g/mol. The van der Waals surface area contributed by atoms with Crippen LogP contribution in [0.4, 0.5) is 5.69 Å². The minimum absolute atomic E-state index is 0.0140. The number of amides is 1. The van der Waals surface area contributed by atoms with E-state index in [1.54, 1.807) is 36.0 Å². The van der Waals surface area contributed by atoms with Crippen LogP contribution in [-0.4, -0.2) is 23.7 Å².